The number of benzene rings is 2. The molecule has 1 amide bonds. The van der Waals surface area contributed by atoms with Crippen LogP contribution in [-0.4, -0.2) is 41.2 Å². The molecule has 2 aromatic heterocycles. The van der Waals surface area contributed by atoms with Crippen molar-refractivity contribution < 1.29 is 23.8 Å². The number of fused-ring (bicyclic) bond motifs is 2. The van der Waals surface area contributed by atoms with E-state index in [9.17, 15) is 14.3 Å². The Morgan fingerprint density at radius 1 is 1.25 bits per heavy atom. The Labute approximate surface area is 207 Å². The lowest BCUT2D eigenvalue weighted by Gasteiger charge is -2.25. The van der Waals surface area contributed by atoms with Crippen molar-refractivity contribution in [3.8, 4) is 22.8 Å². The van der Waals surface area contributed by atoms with E-state index in [4.69, 9.17) is 14.5 Å². The summed E-state index contributed by atoms with van der Waals surface area (Å²) in [5, 5.41) is 15.0. The van der Waals surface area contributed by atoms with E-state index in [-0.39, 0.29) is 24.2 Å². The number of hydrogen-bond acceptors (Lipinski definition) is 6. The SMILES string of the molecule is COc1cc(C(=O)NC[C@](C)(O)c2cc3c(c(-c4ccc(F)cc4)n2)OC[C@H]3C)cc2cccnc12. The van der Waals surface area contributed by atoms with E-state index in [0.717, 1.165) is 10.9 Å². The third-order valence-corrected chi connectivity index (χ3v) is 6.42. The van der Waals surface area contributed by atoms with Crippen LogP contribution in [0, 0.1) is 5.82 Å². The Morgan fingerprint density at radius 2 is 2.03 bits per heavy atom. The maximum atomic E-state index is 13.5. The Balaban J connectivity index is 1.44. The number of methoxy groups -OCH3 is 1. The fourth-order valence-electron chi connectivity index (χ4n) is 4.34. The quantitative estimate of drug-likeness (QED) is 0.414. The van der Waals surface area contributed by atoms with E-state index < -0.39 is 5.60 Å². The van der Waals surface area contributed by atoms with E-state index in [1.165, 1.54) is 19.2 Å². The molecule has 184 valence electrons. The second kappa shape index (κ2) is 9.20. The first-order valence-corrected chi connectivity index (χ1v) is 11.6. The monoisotopic (exact) mass is 487 g/mol. The van der Waals surface area contributed by atoms with Gasteiger partial charge < -0.3 is 19.9 Å². The molecule has 2 N–H and O–H groups in total. The van der Waals surface area contributed by atoms with Crippen molar-refractivity contribution in [2.45, 2.75) is 25.4 Å². The Bertz CT molecular complexity index is 1450. The van der Waals surface area contributed by atoms with Crippen LogP contribution in [0.2, 0.25) is 0 Å². The Morgan fingerprint density at radius 3 is 2.78 bits per heavy atom. The number of halogens is 1. The molecule has 0 saturated carbocycles. The molecule has 1 aliphatic heterocycles. The Hall–Kier alpha value is -4.04. The number of nitrogens with zero attached hydrogens (tertiary/aromatic N) is 2. The molecule has 4 aromatic rings. The molecule has 5 rings (SSSR count). The van der Waals surface area contributed by atoms with Gasteiger partial charge in [-0.05, 0) is 55.5 Å². The summed E-state index contributed by atoms with van der Waals surface area (Å²) in [6.07, 6.45) is 1.66. The number of aromatic nitrogens is 2. The first-order chi connectivity index (χ1) is 17.3. The topological polar surface area (TPSA) is 93.6 Å². The van der Waals surface area contributed by atoms with Crippen molar-refractivity contribution >= 4 is 16.8 Å². The van der Waals surface area contributed by atoms with Crippen LogP contribution in [0.15, 0.2) is 60.8 Å². The molecule has 36 heavy (non-hydrogen) atoms. The summed E-state index contributed by atoms with van der Waals surface area (Å²) in [6, 6.07) is 14.8. The standard InChI is InChI=1S/C28H26FN3O4/c1-16-14-36-26-21(16)13-23(32-25(26)17-6-8-20(29)9-7-17)28(2,34)15-31-27(33)19-11-18-5-4-10-30-24(18)22(12-19)35-3/h4-13,16,34H,14-15H2,1-3H3,(H,31,33)/t16-,28+/m1/s1. The molecule has 0 aliphatic carbocycles. The number of nitrogens with one attached hydrogen (secondary N) is 1. The smallest absolute Gasteiger partial charge is 0.251 e. The van der Waals surface area contributed by atoms with E-state index >= 15 is 0 Å². The lowest BCUT2D eigenvalue weighted by molar-refractivity contribution is 0.0489. The average Bonchev–Trinajstić information content (AvgIpc) is 3.27. The maximum Gasteiger partial charge on any atom is 0.251 e. The minimum absolute atomic E-state index is 0.0802. The summed E-state index contributed by atoms with van der Waals surface area (Å²) in [5.41, 5.74) is 2.08. The molecule has 0 saturated heterocycles. The van der Waals surface area contributed by atoms with E-state index in [1.54, 1.807) is 43.5 Å². The van der Waals surface area contributed by atoms with Crippen LogP contribution in [0.1, 0.15) is 41.4 Å². The van der Waals surface area contributed by atoms with Gasteiger partial charge in [0.05, 0.1) is 26.0 Å². The molecule has 3 heterocycles. The van der Waals surface area contributed by atoms with Crippen LogP contribution >= 0.6 is 0 Å². The second-order valence-corrected chi connectivity index (χ2v) is 9.20. The highest BCUT2D eigenvalue weighted by Crippen LogP contribution is 2.42. The van der Waals surface area contributed by atoms with Crippen LogP contribution in [0.25, 0.3) is 22.2 Å². The van der Waals surface area contributed by atoms with Crippen molar-refractivity contribution in [1.82, 2.24) is 15.3 Å². The van der Waals surface area contributed by atoms with E-state index in [2.05, 4.69) is 10.3 Å². The van der Waals surface area contributed by atoms with Gasteiger partial charge in [0.15, 0.2) is 0 Å². The van der Waals surface area contributed by atoms with E-state index in [0.29, 0.717) is 46.1 Å². The first kappa shape index (κ1) is 23.7. The maximum absolute atomic E-state index is 13.5. The zero-order valence-corrected chi connectivity index (χ0v) is 20.2. The second-order valence-electron chi connectivity index (χ2n) is 9.20. The fraction of sp³-hybridized carbons (Fsp3) is 0.250. The number of ether oxygens (including phenoxy) is 2. The number of aliphatic hydroxyl groups is 1. The predicted octanol–water partition coefficient (Wildman–Crippen LogP) is 4.58. The van der Waals surface area contributed by atoms with Gasteiger partial charge in [0.25, 0.3) is 5.91 Å². The fourth-order valence-corrected chi connectivity index (χ4v) is 4.34. The van der Waals surface area contributed by atoms with Gasteiger partial charge in [-0.25, -0.2) is 9.37 Å². The molecule has 2 aromatic carbocycles. The minimum Gasteiger partial charge on any atom is -0.494 e. The zero-order chi connectivity index (χ0) is 25.4. The predicted molar refractivity (Wildman–Crippen MR) is 134 cm³/mol. The van der Waals surface area contributed by atoms with Gasteiger partial charge in [-0.1, -0.05) is 13.0 Å². The summed E-state index contributed by atoms with van der Waals surface area (Å²) in [6.45, 7) is 4.04. The molecular weight excluding hydrogens is 461 g/mol. The number of hydrogen-bond donors (Lipinski definition) is 2. The largest absolute Gasteiger partial charge is 0.494 e. The minimum atomic E-state index is -1.48. The van der Waals surface area contributed by atoms with Crippen LogP contribution < -0.4 is 14.8 Å². The molecule has 0 unspecified atom stereocenters. The number of amides is 1. The molecular formula is C28H26FN3O4. The van der Waals surface area contributed by atoms with Crippen molar-refractivity contribution in [1.29, 1.82) is 0 Å². The normalized spacial score (nSPS) is 16.2. The lowest BCUT2D eigenvalue weighted by atomic mass is 9.94. The number of carbonyl (C=O) groups is 1. The van der Waals surface area contributed by atoms with E-state index in [1.807, 2.05) is 19.1 Å². The van der Waals surface area contributed by atoms with Crippen molar-refractivity contribution in [3.05, 3.63) is 83.4 Å². The first-order valence-electron chi connectivity index (χ1n) is 11.6. The van der Waals surface area contributed by atoms with Gasteiger partial charge in [-0.2, -0.15) is 0 Å². The number of rotatable bonds is 6. The highest BCUT2D eigenvalue weighted by atomic mass is 19.1. The zero-order valence-electron chi connectivity index (χ0n) is 20.2. The number of pyridine rings is 2. The van der Waals surface area contributed by atoms with Crippen molar-refractivity contribution in [3.63, 3.8) is 0 Å². The molecule has 0 fully saturated rings. The lowest BCUT2D eigenvalue weighted by Crippen LogP contribution is -2.39. The van der Waals surface area contributed by atoms with Crippen molar-refractivity contribution in [2.24, 2.45) is 0 Å². The molecule has 0 radical (unpaired) electrons. The molecule has 7 nitrogen and oxygen atoms in total. The molecule has 2 atom stereocenters. The van der Waals surface area contributed by atoms with Gasteiger partial charge in [-0.15, -0.1) is 0 Å². The molecule has 0 spiro atoms. The highest BCUT2D eigenvalue weighted by Gasteiger charge is 2.32. The summed E-state index contributed by atoms with van der Waals surface area (Å²) < 4.78 is 24.8. The van der Waals surface area contributed by atoms with Gasteiger partial charge in [0, 0.05) is 34.2 Å². The average molecular weight is 488 g/mol. The summed E-state index contributed by atoms with van der Waals surface area (Å²) in [4.78, 5) is 22.0. The molecule has 0 bridgehead atoms. The van der Waals surface area contributed by atoms with Crippen LogP contribution in [0.5, 0.6) is 11.5 Å². The third kappa shape index (κ3) is 4.35. The van der Waals surface area contributed by atoms with Gasteiger partial charge in [0.1, 0.15) is 34.1 Å². The van der Waals surface area contributed by atoms with Crippen molar-refractivity contribution in [2.75, 3.05) is 20.3 Å². The summed E-state index contributed by atoms with van der Waals surface area (Å²) >= 11 is 0. The van der Waals surface area contributed by atoms with Crippen LogP contribution in [0.3, 0.4) is 0 Å². The van der Waals surface area contributed by atoms with Crippen LogP contribution in [-0.2, 0) is 5.60 Å². The third-order valence-electron chi connectivity index (χ3n) is 6.42. The summed E-state index contributed by atoms with van der Waals surface area (Å²) in [7, 11) is 1.53. The Kier molecular flexibility index (Phi) is 6.05. The number of carbonyl (C=O) groups excluding carboxylic acids is 1. The van der Waals surface area contributed by atoms with Crippen LogP contribution in [0.4, 0.5) is 4.39 Å². The molecule has 8 heteroatoms. The summed E-state index contributed by atoms with van der Waals surface area (Å²) in [5.74, 6) is 0.510. The highest BCUT2D eigenvalue weighted by molar-refractivity contribution is 5.99. The van der Waals surface area contributed by atoms with Gasteiger partial charge in [0.2, 0.25) is 0 Å². The van der Waals surface area contributed by atoms with Gasteiger partial charge >= 0.3 is 0 Å². The van der Waals surface area contributed by atoms with Gasteiger partial charge in [-0.3, -0.25) is 9.78 Å². The molecule has 1 aliphatic rings.